The molecule has 1 aliphatic heterocycles. The Labute approximate surface area is 117 Å². The van der Waals surface area contributed by atoms with Crippen LogP contribution in [0, 0.1) is 0 Å². The monoisotopic (exact) mass is 267 g/mol. The molecule has 110 valence electrons. The minimum atomic E-state index is -0.0180. The highest BCUT2D eigenvalue weighted by molar-refractivity contribution is 5.82. The summed E-state index contributed by atoms with van der Waals surface area (Å²) in [7, 11) is 1.93. The first-order valence-electron chi connectivity index (χ1n) is 7.71. The van der Waals surface area contributed by atoms with Gasteiger partial charge in [-0.3, -0.25) is 9.69 Å². The maximum atomic E-state index is 12.6. The summed E-state index contributed by atoms with van der Waals surface area (Å²) >= 11 is 0. The number of hydrogen-bond donors (Lipinski definition) is 1. The Balaban J connectivity index is 2.30. The number of carbonyl (C=O) groups is 1. The number of nitrogens with zero attached hydrogens (tertiary/aromatic N) is 2. The van der Waals surface area contributed by atoms with Crippen molar-refractivity contribution in [3.05, 3.63) is 0 Å². The second-order valence-corrected chi connectivity index (χ2v) is 6.76. The van der Waals surface area contributed by atoms with E-state index in [9.17, 15) is 4.79 Å². The number of amides is 1. The van der Waals surface area contributed by atoms with Gasteiger partial charge in [0.05, 0.1) is 6.04 Å². The number of nitrogens with two attached hydrogens (primary N) is 1. The highest BCUT2D eigenvalue weighted by Crippen LogP contribution is 2.35. The van der Waals surface area contributed by atoms with Gasteiger partial charge in [0.15, 0.2) is 0 Å². The molecule has 19 heavy (non-hydrogen) atoms. The molecule has 0 aromatic heterocycles. The third-order valence-corrected chi connectivity index (χ3v) is 4.91. The molecule has 4 heteroatoms. The predicted octanol–water partition coefficient (Wildman–Crippen LogP) is 1.59. The molecular weight excluding hydrogens is 238 g/mol. The number of hydrogen-bond acceptors (Lipinski definition) is 3. The van der Waals surface area contributed by atoms with Gasteiger partial charge < -0.3 is 10.6 Å². The maximum absolute atomic E-state index is 12.6. The molecule has 0 radical (unpaired) electrons. The van der Waals surface area contributed by atoms with E-state index < -0.39 is 0 Å². The van der Waals surface area contributed by atoms with Crippen LogP contribution in [0.25, 0.3) is 0 Å². The third-order valence-electron chi connectivity index (χ3n) is 4.91. The van der Waals surface area contributed by atoms with Crippen LogP contribution < -0.4 is 5.73 Å². The molecule has 1 saturated heterocycles. The van der Waals surface area contributed by atoms with Gasteiger partial charge >= 0.3 is 0 Å². The fraction of sp³-hybridized carbons (Fsp3) is 0.933. The zero-order valence-corrected chi connectivity index (χ0v) is 12.7. The second-order valence-electron chi connectivity index (χ2n) is 6.76. The molecule has 0 aromatic carbocycles. The van der Waals surface area contributed by atoms with Gasteiger partial charge in [0, 0.05) is 25.2 Å². The van der Waals surface area contributed by atoms with E-state index in [-0.39, 0.29) is 17.5 Å². The van der Waals surface area contributed by atoms with Crippen LogP contribution in [-0.4, -0.2) is 53.5 Å². The average molecular weight is 267 g/mol. The lowest BCUT2D eigenvalue weighted by molar-refractivity contribution is -0.136. The van der Waals surface area contributed by atoms with Gasteiger partial charge in [-0.15, -0.1) is 0 Å². The van der Waals surface area contributed by atoms with Crippen LogP contribution in [0.5, 0.6) is 0 Å². The summed E-state index contributed by atoms with van der Waals surface area (Å²) in [6, 6.07) is 0.553. The van der Waals surface area contributed by atoms with Crippen LogP contribution in [0.4, 0.5) is 0 Å². The Bertz CT molecular complexity index is 323. The fourth-order valence-electron chi connectivity index (χ4n) is 3.83. The molecule has 0 bridgehead atoms. The molecule has 1 atom stereocenters. The van der Waals surface area contributed by atoms with E-state index in [1.807, 2.05) is 11.9 Å². The van der Waals surface area contributed by atoms with Crippen LogP contribution in [0.3, 0.4) is 0 Å². The van der Waals surface area contributed by atoms with Crippen molar-refractivity contribution < 1.29 is 4.79 Å². The zero-order valence-electron chi connectivity index (χ0n) is 12.7. The van der Waals surface area contributed by atoms with Crippen LogP contribution in [0.15, 0.2) is 0 Å². The summed E-state index contributed by atoms with van der Waals surface area (Å²) in [5, 5.41) is 0. The minimum absolute atomic E-state index is 0.0180. The van der Waals surface area contributed by atoms with Crippen molar-refractivity contribution in [2.45, 2.75) is 70.0 Å². The molecule has 2 fully saturated rings. The molecule has 1 aliphatic carbocycles. The van der Waals surface area contributed by atoms with Crippen molar-refractivity contribution in [1.29, 1.82) is 0 Å². The van der Waals surface area contributed by atoms with Gasteiger partial charge in [0.25, 0.3) is 0 Å². The van der Waals surface area contributed by atoms with E-state index in [1.165, 1.54) is 25.7 Å². The number of rotatable bonds is 3. The molecule has 1 unspecified atom stereocenters. The van der Waals surface area contributed by atoms with E-state index in [1.54, 1.807) is 0 Å². The molecule has 2 N–H and O–H groups in total. The smallest absolute Gasteiger partial charge is 0.239 e. The van der Waals surface area contributed by atoms with Crippen molar-refractivity contribution in [2.24, 2.45) is 5.73 Å². The molecule has 2 rings (SSSR count). The van der Waals surface area contributed by atoms with Gasteiger partial charge in [-0.2, -0.15) is 0 Å². The summed E-state index contributed by atoms with van der Waals surface area (Å²) < 4.78 is 0. The molecule has 2 aliphatic rings. The van der Waals surface area contributed by atoms with Gasteiger partial charge in [0.2, 0.25) is 5.91 Å². The zero-order chi connectivity index (χ0) is 14.0. The average Bonchev–Trinajstić information content (AvgIpc) is 2.85. The Morgan fingerprint density at radius 1 is 1.32 bits per heavy atom. The molecule has 0 aromatic rings. The first kappa shape index (κ1) is 14.8. The normalized spacial score (nSPS) is 29.8. The van der Waals surface area contributed by atoms with Gasteiger partial charge in [0.1, 0.15) is 0 Å². The molecule has 1 heterocycles. The number of carbonyl (C=O) groups excluding carboxylic acids is 1. The van der Waals surface area contributed by atoms with Crippen LogP contribution >= 0.6 is 0 Å². The van der Waals surface area contributed by atoms with Gasteiger partial charge in [-0.05, 0) is 46.1 Å². The van der Waals surface area contributed by atoms with E-state index >= 15 is 0 Å². The van der Waals surface area contributed by atoms with E-state index in [4.69, 9.17) is 5.73 Å². The van der Waals surface area contributed by atoms with E-state index in [2.05, 4.69) is 18.7 Å². The third kappa shape index (κ3) is 2.95. The summed E-state index contributed by atoms with van der Waals surface area (Å²) in [5.74, 6) is 0.267. The Hall–Kier alpha value is -0.610. The minimum Gasteiger partial charge on any atom is -0.344 e. The maximum Gasteiger partial charge on any atom is 0.239 e. The SMILES string of the molecule is CN1CCC(C)(C)N(C2CCCC2)C(CCN)C1=O. The van der Waals surface area contributed by atoms with Crippen molar-refractivity contribution in [1.82, 2.24) is 9.80 Å². The van der Waals surface area contributed by atoms with Gasteiger partial charge in [-0.1, -0.05) is 12.8 Å². The van der Waals surface area contributed by atoms with E-state index in [0.717, 1.165) is 19.4 Å². The van der Waals surface area contributed by atoms with Crippen molar-refractivity contribution in [3.8, 4) is 0 Å². The topological polar surface area (TPSA) is 49.6 Å². The second kappa shape index (κ2) is 5.80. The predicted molar refractivity (Wildman–Crippen MR) is 77.9 cm³/mol. The van der Waals surface area contributed by atoms with E-state index in [0.29, 0.717) is 12.6 Å². The largest absolute Gasteiger partial charge is 0.344 e. The first-order chi connectivity index (χ1) is 8.97. The molecule has 1 saturated carbocycles. The summed E-state index contributed by atoms with van der Waals surface area (Å²) in [5.41, 5.74) is 5.86. The summed E-state index contributed by atoms with van der Waals surface area (Å²) in [4.78, 5) is 17.0. The van der Waals surface area contributed by atoms with Crippen LogP contribution in [0.1, 0.15) is 52.4 Å². The van der Waals surface area contributed by atoms with Crippen LogP contribution in [0.2, 0.25) is 0 Å². The Morgan fingerprint density at radius 2 is 1.95 bits per heavy atom. The summed E-state index contributed by atoms with van der Waals surface area (Å²) in [6.07, 6.45) is 6.91. The first-order valence-corrected chi connectivity index (χ1v) is 7.71. The standard InChI is InChI=1S/C15H29N3O/c1-15(2)9-11-17(3)14(19)13(8-10-16)18(15)12-6-4-5-7-12/h12-13H,4-11,16H2,1-3H3. The van der Waals surface area contributed by atoms with Crippen LogP contribution in [-0.2, 0) is 4.79 Å². The Morgan fingerprint density at radius 3 is 2.53 bits per heavy atom. The molecule has 4 nitrogen and oxygen atoms in total. The highest BCUT2D eigenvalue weighted by Gasteiger charge is 2.44. The van der Waals surface area contributed by atoms with Crippen molar-refractivity contribution in [3.63, 3.8) is 0 Å². The Kier molecular flexibility index (Phi) is 4.51. The van der Waals surface area contributed by atoms with Crippen molar-refractivity contribution >= 4 is 5.91 Å². The number of likely N-dealkylation sites (N-methyl/N-ethyl adjacent to an activating group) is 1. The lowest BCUT2D eigenvalue weighted by Crippen LogP contribution is -2.57. The van der Waals surface area contributed by atoms with Crippen molar-refractivity contribution in [2.75, 3.05) is 20.1 Å². The molecular formula is C15H29N3O. The quantitative estimate of drug-likeness (QED) is 0.845. The lowest BCUT2D eigenvalue weighted by Gasteiger charge is -2.45. The lowest BCUT2D eigenvalue weighted by atomic mass is 9.92. The van der Waals surface area contributed by atoms with Gasteiger partial charge in [-0.25, -0.2) is 0 Å². The highest BCUT2D eigenvalue weighted by atomic mass is 16.2. The fourth-order valence-corrected chi connectivity index (χ4v) is 3.83. The molecule has 0 spiro atoms. The molecule has 1 amide bonds. The summed E-state index contributed by atoms with van der Waals surface area (Å²) in [6.45, 7) is 6.03.